The van der Waals surface area contributed by atoms with Gasteiger partial charge in [0, 0.05) is 13.1 Å². The molecule has 4 heteroatoms. The Morgan fingerprint density at radius 3 is 2.65 bits per heavy atom. The lowest BCUT2D eigenvalue weighted by Gasteiger charge is -2.27. The summed E-state index contributed by atoms with van der Waals surface area (Å²) in [6, 6.07) is 3.69. The molecular formula is C16H24ClNO2. The highest BCUT2D eigenvalue weighted by Gasteiger charge is 2.31. The summed E-state index contributed by atoms with van der Waals surface area (Å²) in [7, 11) is 1.54. The number of hydrogen-bond acceptors (Lipinski definition) is 3. The van der Waals surface area contributed by atoms with Crippen LogP contribution in [0.25, 0.3) is 0 Å². The van der Waals surface area contributed by atoms with Crippen molar-refractivity contribution < 1.29 is 9.84 Å². The number of likely N-dealkylation sites (tertiary alicyclic amines) is 1. The van der Waals surface area contributed by atoms with E-state index in [0.717, 1.165) is 31.1 Å². The van der Waals surface area contributed by atoms with Gasteiger partial charge in [0.1, 0.15) is 0 Å². The number of phenols is 1. The fourth-order valence-electron chi connectivity index (χ4n) is 2.82. The van der Waals surface area contributed by atoms with Gasteiger partial charge in [0.15, 0.2) is 11.5 Å². The van der Waals surface area contributed by atoms with Crippen LogP contribution in [0.5, 0.6) is 11.5 Å². The van der Waals surface area contributed by atoms with Crippen LogP contribution in [-0.4, -0.2) is 30.2 Å². The van der Waals surface area contributed by atoms with Gasteiger partial charge in [-0.25, -0.2) is 0 Å². The smallest absolute Gasteiger partial charge is 0.176 e. The van der Waals surface area contributed by atoms with Gasteiger partial charge < -0.3 is 9.84 Å². The van der Waals surface area contributed by atoms with Crippen LogP contribution in [0, 0.1) is 11.3 Å². The molecule has 1 aromatic carbocycles. The SMILES string of the molecule is COc1cc(CN2CCC(C(C)(C)C)C2)cc(Cl)c1O. The summed E-state index contributed by atoms with van der Waals surface area (Å²) in [4.78, 5) is 2.44. The molecule has 1 unspecified atom stereocenters. The maximum atomic E-state index is 9.76. The first-order valence-corrected chi connectivity index (χ1v) is 7.47. The van der Waals surface area contributed by atoms with E-state index in [-0.39, 0.29) is 5.75 Å². The van der Waals surface area contributed by atoms with E-state index in [1.807, 2.05) is 12.1 Å². The second-order valence-electron chi connectivity index (χ2n) is 6.72. The average Bonchev–Trinajstić information content (AvgIpc) is 2.82. The van der Waals surface area contributed by atoms with Crippen LogP contribution >= 0.6 is 11.6 Å². The number of phenolic OH excluding ortho intramolecular Hbond substituents is 1. The highest BCUT2D eigenvalue weighted by Crippen LogP contribution is 2.37. The highest BCUT2D eigenvalue weighted by atomic mass is 35.5. The van der Waals surface area contributed by atoms with Crippen molar-refractivity contribution in [3.05, 3.63) is 22.7 Å². The molecule has 3 nitrogen and oxygen atoms in total. The van der Waals surface area contributed by atoms with E-state index in [2.05, 4.69) is 25.7 Å². The van der Waals surface area contributed by atoms with Crippen molar-refractivity contribution in [3.63, 3.8) is 0 Å². The molecule has 0 radical (unpaired) electrons. The average molecular weight is 298 g/mol. The first kappa shape index (κ1) is 15.5. The molecule has 0 spiro atoms. The molecule has 1 aliphatic heterocycles. The molecule has 0 aromatic heterocycles. The second kappa shape index (κ2) is 5.82. The van der Waals surface area contributed by atoms with Gasteiger partial charge >= 0.3 is 0 Å². The molecule has 1 fully saturated rings. The highest BCUT2D eigenvalue weighted by molar-refractivity contribution is 6.32. The minimum absolute atomic E-state index is 0.0203. The normalized spacial score (nSPS) is 20.4. The minimum atomic E-state index is 0.0203. The van der Waals surface area contributed by atoms with Gasteiger partial charge in [0.2, 0.25) is 0 Å². The lowest BCUT2D eigenvalue weighted by Crippen LogP contribution is -2.25. The maximum absolute atomic E-state index is 9.76. The number of aromatic hydroxyl groups is 1. The zero-order chi connectivity index (χ0) is 14.9. The molecule has 112 valence electrons. The van der Waals surface area contributed by atoms with E-state index in [4.69, 9.17) is 16.3 Å². The first-order chi connectivity index (χ1) is 9.31. The van der Waals surface area contributed by atoms with Crippen LogP contribution in [-0.2, 0) is 6.54 Å². The van der Waals surface area contributed by atoms with Crippen molar-refractivity contribution in [1.82, 2.24) is 4.90 Å². The van der Waals surface area contributed by atoms with E-state index < -0.39 is 0 Å². The summed E-state index contributed by atoms with van der Waals surface area (Å²) in [5.74, 6) is 1.20. The predicted octanol–water partition coefficient (Wildman–Crippen LogP) is 3.92. The summed E-state index contributed by atoms with van der Waals surface area (Å²) in [5, 5.41) is 10.1. The Hall–Kier alpha value is -0.930. The van der Waals surface area contributed by atoms with Crippen molar-refractivity contribution >= 4 is 11.6 Å². The molecule has 0 amide bonds. The molecule has 1 heterocycles. The molecule has 0 bridgehead atoms. The van der Waals surface area contributed by atoms with Crippen LogP contribution in [0.2, 0.25) is 5.02 Å². The molecule has 0 aliphatic carbocycles. The lowest BCUT2D eigenvalue weighted by atomic mass is 9.80. The standard InChI is InChI=1S/C16H24ClNO2/c1-16(2,3)12-5-6-18(10-12)9-11-7-13(17)15(19)14(8-11)20-4/h7-8,12,19H,5-6,9-10H2,1-4H3. The Balaban J connectivity index is 2.07. The Labute approximate surface area is 126 Å². The summed E-state index contributed by atoms with van der Waals surface area (Å²) >= 11 is 6.04. The molecular weight excluding hydrogens is 274 g/mol. The third kappa shape index (κ3) is 3.39. The fourth-order valence-corrected chi connectivity index (χ4v) is 3.05. The third-order valence-electron chi connectivity index (χ3n) is 4.21. The fraction of sp³-hybridized carbons (Fsp3) is 0.625. The first-order valence-electron chi connectivity index (χ1n) is 7.09. The molecule has 2 rings (SSSR count). The Morgan fingerprint density at radius 2 is 2.10 bits per heavy atom. The van der Waals surface area contributed by atoms with Gasteiger partial charge in [-0.1, -0.05) is 32.4 Å². The van der Waals surface area contributed by atoms with Gasteiger partial charge in [-0.2, -0.15) is 0 Å². The van der Waals surface area contributed by atoms with Crippen molar-refractivity contribution in [2.75, 3.05) is 20.2 Å². The topological polar surface area (TPSA) is 32.7 Å². The van der Waals surface area contributed by atoms with Crippen molar-refractivity contribution in [1.29, 1.82) is 0 Å². The Kier molecular flexibility index (Phi) is 4.50. The van der Waals surface area contributed by atoms with Gasteiger partial charge in [-0.05, 0) is 42.0 Å². The minimum Gasteiger partial charge on any atom is -0.503 e. The number of hydrogen-bond donors (Lipinski definition) is 1. The quantitative estimate of drug-likeness (QED) is 0.918. The van der Waals surface area contributed by atoms with Crippen LogP contribution in [0.15, 0.2) is 12.1 Å². The Bertz CT molecular complexity index is 482. The van der Waals surface area contributed by atoms with Crippen LogP contribution in [0.1, 0.15) is 32.8 Å². The largest absolute Gasteiger partial charge is 0.503 e. The summed E-state index contributed by atoms with van der Waals surface area (Å²) in [6.07, 6.45) is 1.24. The molecule has 1 N–H and O–H groups in total. The number of ether oxygens (including phenoxy) is 1. The van der Waals surface area contributed by atoms with Crippen molar-refractivity contribution in [3.8, 4) is 11.5 Å². The second-order valence-corrected chi connectivity index (χ2v) is 7.12. The van der Waals surface area contributed by atoms with Gasteiger partial charge in [0.25, 0.3) is 0 Å². The third-order valence-corrected chi connectivity index (χ3v) is 4.50. The maximum Gasteiger partial charge on any atom is 0.176 e. The number of benzene rings is 1. The van der Waals surface area contributed by atoms with Gasteiger partial charge in [-0.3, -0.25) is 4.90 Å². The number of rotatable bonds is 3. The van der Waals surface area contributed by atoms with E-state index >= 15 is 0 Å². The van der Waals surface area contributed by atoms with E-state index in [0.29, 0.717) is 16.2 Å². The lowest BCUT2D eigenvalue weighted by molar-refractivity contribution is 0.226. The molecule has 0 saturated carbocycles. The predicted molar refractivity (Wildman–Crippen MR) is 82.5 cm³/mol. The van der Waals surface area contributed by atoms with Crippen LogP contribution < -0.4 is 4.74 Å². The van der Waals surface area contributed by atoms with Crippen molar-refractivity contribution in [2.24, 2.45) is 11.3 Å². The van der Waals surface area contributed by atoms with Gasteiger partial charge in [-0.15, -0.1) is 0 Å². The molecule has 1 aromatic rings. The molecule has 1 aliphatic rings. The van der Waals surface area contributed by atoms with E-state index in [1.54, 1.807) is 7.11 Å². The summed E-state index contributed by atoms with van der Waals surface area (Å²) < 4.78 is 5.15. The van der Waals surface area contributed by atoms with E-state index in [9.17, 15) is 5.11 Å². The van der Waals surface area contributed by atoms with Crippen molar-refractivity contribution in [2.45, 2.75) is 33.7 Å². The molecule has 1 saturated heterocycles. The zero-order valence-corrected chi connectivity index (χ0v) is 13.5. The Morgan fingerprint density at radius 1 is 1.40 bits per heavy atom. The van der Waals surface area contributed by atoms with Crippen LogP contribution in [0.4, 0.5) is 0 Å². The summed E-state index contributed by atoms with van der Waals surface area (Å²) in [5.41, 5.74) is 1.44. The van der Waals surface area contributed by atoms with E-state index in [1.165, 1.54) is 6.42 Å². The number of methoxy groups -OCH3 is 1. The zero-order valence-electron chi connectivity index (χ0n) is 12.7. The van der Waals surface area contributed by atoms with Gasteiger partial charge in [0.05, 0.1) is 12.1 Å². The van der Waals surface area contributed by atoms with Crippen LogP contribution in [0.3, 0.4) is 0 Å². The monoisotopic (exact) mass is 297 g/mol. The molecule has 20 heavy (non-hydrogen) atoms. The summed E-state index contributed by atoms with van der Waals surface area (Å²) in [6.45, 7) is 10.0. The molecule has 1 atom stereocenters. The number of nitrogens with zero attached hydrogens (tertiary/aromatic N) is 1. The number of halogens is 1.